The van der Waals surface area contributed by atoms with Gasteiger partial charge < -0.3 is 9.84 Å². The Morgan fingerprint density at radius 2 is 1.95 bits per heavy atom. The Balaban J connectivity index is 1.67. The van der Waals surface area contributed by atoms with Crippen molar-refractivity contribution in [2.45, 2.75) is 51.4 Å². The maximum absolute atomic E-state index is 10.1. The average Bonchev–Trinajstić information content (AvgIpc) is 3.00. The quantitative estimate of drug-likeness (QED) is 0.793. The summed E-state index contributed by atoms with van der Waals surface area (Å²) in [5, 5.41) is 10.1. The number of nitrogens with zero attached hydrogens (tertiary/aromatic N) is 1. The summed E-state index contributed by atoms with van der Waals surface area (Å²) < 4.78 is 5.61. The molecule has 3 heteroatoms. The monoisotopic (exact) mass is 277 g/mol. The first-order valence-corrected chi connectivity index (χ1v) is 7.83. The van der Waals surface area contributed by atoms with E-state index in [1.165, 1.54) is 25.7 Å². The molecule has 1 fully saturated rings. The van der Waals surface area contributed by atoms with Crippen molar-refractivity contribution in [2.75, 3.05) is 19.7 Å². The van der Waals surface area contributed by atoms with Gasteiger partial charge in [-0.3, -0.25) is 4.90 Å². The molecule has 0 radical (unpaired) electrons. The van der Waals surface area contributed by atoms with Gasteiger partial charge in [0.1, 0.15) is 0 Å². The van der Waals surface area contributed by atoms with Gasteiger partial charge in [-0.1, -0.05) is 50.1 Å². The Bertz CT molecular complexity index is 363. The Labute approximate surface area is 122 Å². The SMILES string of the molecule is CCN(CC(O)COCc1ccccc1)C1CCCC1. The molecule has 0 spiro atoms. The standard InChI is InChI=1S/C17H27NO2/c1-2-18(16-10-6-7-11-16)12-17(19)14-20-13-15-8-4-3-5-9-15/h3-5,8-9,16-17,19H,2,6-7,10-14H2,1H3. The van der Waals surface area contributed by atoms with Gasteiger partial charge in [0.15, 0.2) is 0 Å². The van der Waals surface area contributed by atoms with Crippen LogP contribution in [0.5, 0.6) is 0 Å². The predicted octanol–water partition coefficient (Wildman–Crippen LogP) is 2.83. The summed E-state index contributed by atoms with van der Waals surface area (Å²) in [5.41, 5.74) is 1.16. The van der Waals surface area contributed by atoms with Crippen LogP contribution in [-0.4, -0.2) is 41.8 Å². The molecule has 1 aromatic rings. The van der Waals surface area contributed by atoms with E-state index in [4.69, 9.17) is 4.74 Å². The van der Waals surface area contributed by atoms with Crippen LogP contribution in [0.25, 0.3) is 0 Å². The average molecular weight is 277 g/mol. The van der Waals surface area contributed by atoms with Crippen molar-refractivity contribution < 1.29 is 9.84 Å². The highest BCUT2D eigenvalue weighted by Gasteiger charge is 2.23. The molecule has 0 saturated heterocycles. The maximum Gasteiger partial charge on any atom is 0.0900 e. The van der Waals surface area contributed by atoms with Gasteiger partial charge in [-0.05, 0) is 24.9 Å². The highest BCUT2D eigenvalue weighted by molar-refractivity contribution is 5.13. The number of hydrogen-bond donors (Lipinski definition) is 1. The first-order valence-electron chi connectivity index (χ1n) is 7.83. The van der Waals surface area contributed by atoms with Crippen LogP contribution < -0.4 is 0 Å². The van der Waals surface area contributed by atoms with E-state index in [0.29, 0.717) is 19.3 Å². The first kappa shape index (κ1) is 15.5. The van der Waals surface area contributed by atoms with E-state index in [1.807, 2.05) is 30.3 Å². The summed E-state index contributed by atoms with van der Waals surface area (Å²) in [6, 6.07) is 10.8. The minimum absolute atomic E-state index is 0.390. The van der Waals surface area contributed by atoms with E-state index in [-0.39, 0.29) is 6.10 Å². The normalized spacial score (nSPS) is 17.8. The smallest absolute Gasteiger partial charge is 0.0900 e. The van der Waals surface area contributed by atoms with E-state index < -0.39 is 0 Å². The Kier molecular flexibility index (Phi) is 6.51. The summed E-state index contributed by atoms with van der Waals surface area (Å²) in [4.78, 5) is 2.41. The molecule has 0 heterocycles. The lowest BCUT2D eigenvalue weighted by Gasteiger charge is -2.29. The maximum atomic E-state index is 10.1. The van der Waals surface area contributed by atoms with Crippen molar-refractivity contribution in [3.05, 3.63) is 35.9 Å². The Morgan fingerprint density at radius 3 is 2.60 bits per heavy atom. The van der Waals surface area contributed by atoms with Crippen LogP contribution in [-0.2, 0) is 11.3 Å². The van der Waals surface area contributed by atoms with Crippen LogP contribution >= 0.6 is 0 Å². The van der Waals surface area contributed by atoms with Gasteiger partial charge in [0.2, 0.25) is 0 Å². The van der Waals surface area contributed by atoms with Crippen LogP contribution in [0.2, 0.25) is 0 Å². The second kappa shape index (κ2) is 8.40. The highest BCUT2D eigenvalue weighted by Crippen LogP contribution is 2.23. The zero-order valence-corrected chi connectivity index (χ0v) is 12.5. The van der Waals surface area contributed by atoms with Gasteiger partial charge in [0.05, 0.1) is 19.3 Å². The first-order chi connectivity index (χ1) is 9.79. The molecule has 2 rings (SSSR count). The minimum Gasteiger partial charge on any atom is -0.389 e. The molecule has 0 bridgehead atoms. The van der Waals surface area contributed by atoms with Crippen molar-refractivity contribution in [1.82, 2.24) is 4.90 Å². The second-order valence-corrected chi connectivity index (χ2v) is 5.68. The highest BCUT2D eigenvalue weighted by atomic mass is 16.5. The molecular weight excluding hydrogens is 250 g/mol. The molecule has 20 heavy (non-hydrogen) atoms. The molecule has 112 valence electrons. The topological polar surface area (TPSA) is 32.7 Å². The predicted molar refractivity (Wildman–Crippen MR) is 81.6 cm³/mol. The molecule has 1 saturated carbocycles. The van der Waals surface area contributed by atoms with E-state index >= 15 is 0 Å². The fourth-order valence-electron chi connectivity index (χ4n) is 3.02. The zero-order chi connectivity index (χ0) is 14.2. The van der Waals surface area contributed by atoms with Crippen LogP contribution in [0, 0.1) is 0 Å². The van der Waals surface area contributed by atoms with Crippen molar-refractivity contribution in [2.24, 2.45) is 0 Å². The molecule has 0 aliphatic heterocycles. The number of ether oxygens (including phenoxy) is 1. The van der Waals surface area contributed by atoms with Gasteiger partial charge >= 0.3 is 0 Å². The van der Waals surface area contributed by atoms with E-state index in [2.05, 4.69) is 11.8 Å². The summed E-state index contributed by atoms with van der Waals surface area (Å²) in [6.45, 7) is 4.91. The third kappa shape index (κ3) is 4.89. The largest absolute Gasteiger partial charge is 0.389 e. The van der Waals surface area contributed by atoms with Gasteiger partial charge in [0, 0.05) is 12.6 Å². The second-order valence-electron chi connectivity index (χ2n) is 5.68. The van der Waals surface area contributed by atoms with Gasteiger partial charge in [-0.25, -0.2) is 0 Å². The molecule has 1 N–H and O–H groups in total. The van der Waals surface area contributed by atoms with E-state index in [9.17, 15) is 5.11 Å². The molecule has 1 aliphatic rings. The molecule has 1 unspecified atom stereocenters. The van der Waals surface area contributed by atoms with Gasteiger partial charge in [-0.2, -0.15) is 0 Å². The van der Waals surface area contributed by atoms with Crippen LogP contribution in [0.4, 0.5) is 0 Å². The third-order valence-electron chi connectivity index (χ3n) is 4.11. The minimum atomic E-state index is -0.390. The number of aliphatic hydroxyl groups is 1. The molecular formula is C17H27NO2. The molecule has 0 aromatic heterocycles. The van der Waals surface area contributed by atoms with Crippen molar-refractivity contribution in [1.29, 1.82) is 0 Å². The Morgan fingerprint density at radius 1 is 1.25 bits per heavy atom. The molecule has 1 atom stereocenters. The van der Waals surface area contributed by atoms with E-state index in [1.54, 1.807) is 0 Å². The van der Waals surface area contributed by atoms with Crippen molar-refractivity contribution in [3.8, 4) is 0 Å². The Hall–Kier alpha value is -0.900. The summed E-state index contributed by atoms with van der Waals surface area (Å²) in [5.74, 6) is 0. The van der Waals surface area contributed by atoms with Gasteiger partial charge in [0.25, 0.3) is 0 Å². The third-order valence-corrected chi connectivity index (χ3v) is 4.11. The summed E-state index contributed by atoms with van der Waals surface area (Å²) in [7, 11) is 0. The molecule has 0 amide bonds. The lowest BCUT2D eigenvalue weighted by Crippen LogP contribution is -2.40. The molecule has 1 aliphatic carbocycles. The number of hydrogen-bond acceptors (Lipinski definition) is 3. The lowest BCUT2D eigenvalue weighted by molar-refractivity contribution is 0.00376. The van der Waals surface area contributed by atoms with Crippen LogP contribution in [0.1, 0.15) is 38.2 Å². The van der Waals surface area contributed by atoms with Gasteiger partial charge in [-0.15, -0.1) is 0 Å². The zero-order valence-electron chi connectivity index (χ0n) is 12.5. The number of likely N-dealkylation sites (N-methyl/N-ethyl adjacent to an activating group) is 1. The number of rotatable bonds is 8. The van der Waals surface area contributed by atoms with E-state index in [0.717, 1.165) is 18.7 Å². The van der Waals surface area contributed by atoms with Crippen LogP contribution in [0.15, 0.2) is 30.3 Å². The molecule has 3 nitrogen and oxygen atoms in total. The number of aliphatic hydroxyl groups excluding tert-OH is 1. The molecule has 1 aromatic carbocycles. The number of benzene rings is 1. The fraction of sp³-hybridized carbons (Fsp3) is 0.647. The summed E-state index contributed by atoms with van der Waals surface area (Å²) >= 11 is 0. The summed E-state index contributed by atoms with van der Waals surface area (Å²) in [6.07, 6.45) is 4.85. The van der Waals surface area contributed by atoms with Crippen LogP contribution in [0.3, 0.4) is 0 Å². The van der Waals surface area contributed by atoms with Crippen molar-refractivity contribution in [3.63, 3.8) is 0 Å². The fourth-order valence-corrected chi connectivity index (χ4v) is 3.02. The van der Waals surface area contributed by atoms with Crippen molar-refractivity contribution >= 4 is 0 Å². The lowest BCUT2D eigenvalue weighted by atomic mass is 10.2.